The average molecular weight is 408 g/mol. The van der Waals surface area contributed by atoms with E-state index >= 15 is 0 Å². The zero-order chi connectivity index (χ0) is 22.0. The van der Waals surface area contributed by atoms with E-state index in [0.29, 0.717) is 30.0 Å². The fourth-order valence-electron chi connectivity index (χ4n) is 3.82. The van der Waals surface area contributed by atoms with E-state index in [1.54, 1.807) is 37.0 Å². The molecule has 0 saturated carbocycles. The van der Waals surface area contributed by atoms with Gasteiger partial charge in [0.25, 0.3) is 5.91 Å². The van der Waals surface area contributed by atoms with Gasteiger partial charge in [-0.1, -0.05) is 12.1 Å². The lowest BCUT2D eigenvalue weighted by molar-refractivity contribution is -0.113. The summed E-state index contributed by atoms with van der Waals surface area (Å²) in [7, 11) is 3.28. The van der Waals surface area contributed by atoms with Gasteiger partial charge in [0.05, 0.1) is 12.7 Å². The Morgan fingerprint density at radius 3 is 2.57 bits per heavy atom. The van der Waals surface area contributed by atoms with Crippen LogP contribution in [0.4, 0.5) is 5.69 Å². The molecule has 1 aliphatic heterocycles. The fraction of sp³-hybridized carbons (Fsp3) is 0.333. The molecule has 6 heteroatoms. The number of benzene rings is 2. The van der Waals surface area contributed by atoms with Crippen molar-refractivity contribution in [2.24, 2.45) is 0 Å². The van der Waals surface area contributed by atoms with Crippen molar-refractivity contribution in [3.05, 3.63) is 64.2 Å². The van der Waals surface area contributed by atoms with Crippen LogP contribution in [0.3, 0.4) is 0 Å². The smallest absolute Gasteiger partial charge is 0.258 e. The van der Waals surface area contributed by atoms with Gasteiger partial charge >= 0.3 is 0 Å². The summed E-state index contributed by atoms with van der Waals surface area (Å²) in [5.41, 5.74) is 4.82. The van der Waals surface area contributed by atoms with Gasteiger partial charge in [-0.05, 0) is 67.7 Å². The zero-order valence-electron chi connectivity index (χ0n) is 18.2. The minimum atomic E-state index is -0.204. The van der Waals surface area contributed by atoms with E-state index in [1.165, 1.54) is 17.7 Å². The van der Waals surface area contributed by atoms with Gasteiger partial charge in [0.2, 0.25) is 5.91 Å². The number of carbonyl (C=O) groups excluding carboxylic acids is 2. The first-order chi connectivity index (χ1) is 14.3. The molecule has 0 unspecified atom stereocenters. The molecular weight excluding hydrogens is 380 g/mol. The minimum Gasteiger partial charge on any atom is -0.507 e. The lowest BCUT2D eigenvalue weighted by atomic mass is 9.96. The highest BCUT2D eigenvalue weighted by Crippen LogP contribution is 2.34. The van der Waals surface area contributed by atoms with Gasteiger partial charge in [0, 0.05) is 31.9 Å². The number of hydrogen-bond acceptors (Lipinski definition) is 4. The number of allylic oxidation sites excluding steroid dienone is 1. The molecular formula is C24H28N2O4. The number of phenols is 1. The molecule has 0 bridgehead atoms. The molecule has 0 fully saturated rings. The molecule has 2 aromatic rings. The second kappa shape index (κ2) is 8.61. The summed E-state index contributed by atoms with van der Waals surface area (Å²) in [6, 6.07) is 7.41. The highest BCUT2D eigenvalue weighted by atomic mass is 16.5. The van der Waals surface area contributed by atoms with Crippen LogP contribution in [0.25, 0.3) is 0 Å². The van der Waals surface area contributed by atoms with E-state index in [1.807, 2.05) is 32.0 Å². The number of amides is 2. The Kier molecular flexibility index (Phi) is 6.15. The summed E-state index contributed by atoms with van der Waals surface area (Å²) in [4.78, 5) is 28.8. The third-order valence-electron chi connectivity index (χ3n) is 5.78. The van der Waals surface area contributed by atoms with Gasteiger partial charge < -0.3 is 19.6 Å². The Balaban J connectivity index is 1.89. The molecule has 0 aliphatic carbocycles. The molecule has 1 N–H and O–H groups in total. The number of aromatic hydroxyl groups is 1. The van der Waals surface area contributed by atoms with Gasteiger partial charge in [-0.3, -0.25) is 9.59 Å². The van der Waals surface area contributed by atoms with Crippen molar-refractivity contribution >= 4 is 17.5 Å². The maximum absolute atomic E-state index is 13.3. The quantitative estimate of drug-likeness (QED) is 0.782. The highest BCUT2D eigenvalue weighted by molar-refractivity contribution is 6.01. The van der Waals surface area contributed by atoms with Crippen LogP contribution in [0.2, 0.25) is 0 Å². The number of anilines is 1. The SMILES string of the molecule is C/C=C/C(=O)N(C)c1ccc2c(c1)CN(C(=O)c1c(O)cc(OC)c(C)c1C)CC2. The highest BCUT2D eigenvalue weighted by Gasteiger charge is 2.27. The molecule has 0 aromatic heterocycles. The van der Waals surface area contributed by atoms with Crippen LogP contribution >= 0.6 is 0 Å². The van der Waals surface area contributed by atoms with Crippen LogP contribution in [0.5, 0.6) is 11.5 Å². The summed E-state index contributed by atoms with van der Waals surface area (Å²) in [6.45, 7) is 6.50. The van der Waals surface area contributed by atoms with Crippen molar-refractivity contribution in [2.75, 3.05) is 25.6 Å². The number of nitrogens with zero attached hydrogens (tertiary/aromatic N) is 2. The Bertz CT molecular complexity index is 1030. The number of ether oxygens (including phenoxy) is 1. The van der Waals surface area contributed by atoms with E-state index in [9.17, 15) is 14.7 Å². The lowest BCUT2D eigenvalue weighted by Crippen LogP contribution is -2.36. The van der Waals surface area contributed by atoms with Crippen LogP contribution in [0.1, 0.15) is 39.5 Å². The Morgan fingerprint density at radius 1 is 1.17 bits per heavy atom. The number of rotatable bonds is 4. The first-order valence-electron chi connectivity index (χ1n) is 9.97. The Morgan fingerprint density at radius 2 is 1.90 bits per heavy atom. The Labute approximate surface area is 177 Å². The molecule has 3 rings (SSSR count). The van der Waals surface area contributed by atoms with Crippen LogP contribution in [-0.4, -0.2) is 42.5 Å². The molecule has 0 saturated heterocycles. The molecule has 30 heavy (non-hydrogen) atoms. The van der Waals surface area contributed by atoms with Crippen molar-refractivity contribution in [3.8, 4) is 11.5 Å². The molecule has 158 valence electrons. The summed E-state index contributed by atoms with van der Waals surface area (Å²) in [6.07, 6.45) is 3.96. The zero-order valence-corrected chi connectivity index (χ0v) is 18.2. The first-order valence-corrected chi connectivity index (χ1v) is 9.97. The molecule has 6 nitrogen and oxygen atoms in total. The van der Waals surface area contributed by atoms with Gasteiger partial charge in [0.1, 0.15) is 11.5 Å². The lowest BCUT2D eigenvalue weighted by Gasteiger charge is -2.31. The molecule has 0 spiro atoms. The molecule has 2 aromatic carbocycles. The minimum absolute atomic E-state index is 0.0730. The molecule has 1 heterocycles. The number of likely N-dealkylation sites (N-methyl/N-ethyl adjacent to an activating group) is 1. The van der Waals surface area contributed by atoms with Crippen LogP contribution < -0.4 is 9.64 Å². The van der Waals surface area contributed by atoms with Crippen molar-refractivity contribution in [3.63, 3.8) is 0 Å². The molecule has 0 radical (unpaired) electrons. The number of fused-ring (bicyclic) bond motifs is 1. The van der Waals surface area contributed by atoms with Gasteiger partial charge in [-0.25, -0.2) is 0 Å². The monoisotopic (exact) mass is 408 g/mol. The normalized spacial score (nSPS) is 13.3. The molecule has 0 atom stereocenters. The van der Waals surface area contributed by atoms with Crippen molar-refractivity contribution < 1.29 is 19.4 Å². The van der Waals surface area contributed by atoms with Crippen molar-refractivity contribution in [1.82, 2.24) is 4.90 Å². The third-order valence-corrected chi connectivity index (χ3v) is 5.78. The molecule has 2 amide bonds. The van der Waals surface area contributed by atoms with E-state index < -0.39 is 0 Å². The maximum Gasteiger partial charge on any atom is 0.258 e. The fourth-order valence-corrected chi connectivity index (χ4v) is 3.82. The largest absolute Gasteiger partial charge is 0.507 e. The van der Waals surface area contributed by atoms with Gasteiger partial charge in [0.15, 0.2) is 0 Å². The second-order valence-electron chi connectivity index (χ2n) is 7.55. The molecule has 1 aliphatic rings. The summed E-state index contributed by atoms with van der Waals surface area (Å²) < 4.78 is 5.28. The number of carbonyl (C=O) groups is 2. The third kappa shape index (κ3) is 3.90. The van der Waals surface area contributed by atoms with Gasteiger partial charge in [-0.2, -0.15) is 0 Å². The maximum atomic E-state index is 13.3. The van der Waals surface area contributed by atoms with E-state index in [-0.39, 0.29) is 17.6 Å². The summed E-state index contributed by atoms with van der Waals surface area (Å²) in [5, 5.41) is 10.5. The number of phenolic OH excluding ortho intramolecular Hbond substituents is 1. The summed E-state index contributed by atoms with van der Waals surface area (Å²) >= 11 is 0. The van der Waals surface area contributed by atoms with Crippen LogP contribution in [-0.2, 0) is 17.8 Å². The van der Waals surface area contributed by atoms with Gasteiger partial charge in [-0.15, -0.1) is 0 Å². The number of methoxy groups -OCH3 is 1. The van der Waals surface area contributed by atoms with Crippen LogP contribution in [0, 0.1) is 13.8 Å². The number of hydrogen-bond donors (Lipinski definition) is 1. The average Bonchev–Trinajstić information content (AvgIpc) is 2.75. The van der Waals surface area contributed by atoms with Crippen molar-refractivity contribution in [1.29, 1.82) is 0 Å². The Hall–Kier alpha value is -3.28. The first kappa shape index (κ1) is 21.4. The topological polar surface area (TPSA) is 70.1 Å². The standard InChI is InChI=1S/C24H28N2O4/c1-6-7-22(28)25(4)19-9-8-17-10-11-26(14-18(17)12-19)24(29)23-16(3)15(2)21(30-5)13-20(23)27/h6-9,12-13,27H,10-11,14H2,1-5H3/b7-6+. The predicted octanol–water partition coefficient (Wildman–Crippen LogP) is 3.76. The van der Waals surface area contributed by atoms with E-state index in [2.05, 4.69) is 0 Å². The predicted molar refractivity (Wildman–Crippen MR) is 117 cm³/mol. The van der Waals surface area contributed by atoms with E-state index in [4.69, 9.17) is 4.74 Å². The second-order valence-corrected chi connectivity index (χ2v) is 7.55. The van der Waals surface area contributed by atoms with E-state index in [0.717, 1.165) is 23.2 Å². The van der Waals surface area contributed by atoms with Crippen LogP contribution in [0.15, 0.2) is 36.4 Å². The van der Waals surface area contributed by atoms with Crippen molar-refractivity contribution in [2.45, 2.75) is 33.7 Å². The summed E-state index contributed by atoms with van der Waals surface area (Å²) in [5.74, 6) is 0.181.